The van der Waals surface area contributed by atoms with Crippen LogP contribution < -0.4 is 10.4 Å². The van der Waals surface area contributed by atoms with Crippen LogP contribution in [0.25, 0.3) is 27.2 Å². The molecule has 0 fully saturated rings. The zero-order chi connectivity index (χ0) is 21.1. The van der Waals surface area contributed by atoms with Crippen LogP contribution in [0.2, 0.25) is 0 Å². The summed E-state index contributed by atoms with van der Waals surface area (Å²) in [6.07, 6.45) is 4.76. The van der Waals surface area contributed by atoms with Crippen molar-refractivity contribution in [3.05, 3.63) is 87.9 Å². The highest BCUT2D eigenvalue weighted by Crippen LogP contribution is 2.26. The maximum atomic E-state index is 12.4. The number of rotatable bonds is 4. The number of aromatic nitrogens is 2. The molecule has 152 valence electrons. The van der Waals surface area contributed by atoms with E-state index in [1.807, 2.05) is 60.8 Å². The first-order valence-corrected chi connectivity index (χ1v) is 10.6. The smallest absolute Gasteiger partial charge is 0.345 e. The Bertz CT molecular complexity index is 1320. The molecule has 0 saturated carbocycles. The Morgan fingerprint density at radius 2 is 1.83 bits per heavy atom. The molecule has 0 N–H and O–H groups in total. The molecule has 5 rings (SSSR count). The molecule has 0 bridgehead atoms. The maximum Gasteiger partial charge on any atom is 0.345 e. The number of methoxy groups -OCH3 is 1. The lowest BCUT2D eigenvalue weighted by Crippen LogP contribution is -2.02. The van der Waals surface area contributed by atoms with Crippen LogP contribution in [0, 0.1) is 0 Å². The summed E-state index contributed by atoms with van der Waals surface area (Å²) in [5.41, 5.74) is 2.52. The van der Waals surface area contributed by atoms with E-state index < -0.39 is 0 Å². The molecule has 3 aromatic heterocycles. The molecule has 6 heteroatoms. The van der Waals surface area contributed by atoms with Crippen LogP contribution in [0.3, 0.4) is 0 Å². The summed E-state index contributed by atoms with van der Waals surface area (Å²) in [4.78, 5) is 19.1. The summed E-state index contributed by atoms with van der Waals surface area (Å²) in [5, 5.41) is 0.883. The normalized spacial score (nSPS) is 10.8. The van der Waals surface area contributed by atoms with Crippen LogP contribution in [0.15, 0.2) is 76.2 Å². The van der Waals surface area contributed by atoms with Crippen molar-refractivity contribution >= 4 is 27.3 Å². The summed E-state index contributed by atoms with van der Waals surface area (Å²) in [7, 11) is 1.66. The third-order valence-corrected chi connectivity index (χ3v) is 5.66. The summed E-state index contributed by atoms with van der Waals surface area (Å²) in [6.45, 7) is 4.00. The molecule has 0 aliphatic heterocycles. The average Bonchev–Trinajstić information content (AvgIpc) is 3.34. The largest absolute Gasteiger partial charge is 0.497 e. The number of nitrogens with zero attached hydrogens (tertiary/aromatic N) is 2. The second-order valence-corrected chi connectivity index (χ2v) is 7.62. The number of hydrogen-bond acceptors (Lipinski definition) is 5. The summed E-state index contributed by atoms with van der Waals surface area (Å²) >= 11 is 1.61. The van der Waals surface area contributed by atoms with E-state index in [1.165, 1.54) is 10.4 Å². The minimum atomic E-state index is -0.372. The summed E-state index contributed by atoms with van der Waals surface area (Å²) in [5.74, 6) is 0.851. The fourth-order valence-corrected chi connectivity index (χ4v) is 4.23. The molecule has 0 atom stereocenters. The molecule has 0 radical (unpaired) electrons. The second-order valence-electron chi connectivity index (χ2n) is 6.52. The van der Waals surface area contributed by atoms with E-state index in [0.717, 1.165) is 22.5 Å². The fraction of sp³-hybridized carbons (Fsp3) is 0.167. The monoisotopic (exact) mass is 418 g/mol. The van der Waals surface area contributed by atoms with E-state index >= 15 is 0 Å². The van der Waals surface area contributed by atoms with Crippen LogP contribution in [-0.4, -0.2) is 16.5 Å². The number of fused-ring (bicyclic) bond motifs is 2. The number of hydrogen-bond donors (Lipinski definition) is 0. The van der Waals surface area contributed by atoms with Crippen LogP contribution >= 0.6 is 11.3 Å². The molecular weight excluding hydrogens is 396 g/mol. The summed E-state index contributed by atoms with van der Waals surface area (Å²) < 4.78 is 12.6. The molecule has 0 aliphatic rings. The zero-order valence-corrected chi connectivity index (χ0v) is 17.9. The molecule has 0 saturated heterocycles. The minimum Gasteiger partial charge on any atom is -0.497 e. The Hall–Kier alpha value is -3.38. The Labute approximate surface area is 178 Å². The fourth-order valence-electron chi connectivity index (χ4n) is 3.24. The molecule has 30 heavy (non-hydrogen) atoms. The van der Waals surface area contributed by atoms with E-state index in [9.17, 15) is 4.79 Å². The SMILES string of the molecule is CC.COc1ccc(Cc2cn3cc(-c4cc5ccccc5oc4=O)nc3s2)cc1. The van der Waals surface area contributed by atoms with Gasteiger partial charge < -0.3 is 9.15 Å². The molecule has 3 heterocycles. The molecule has 0 spiro atoms. The Morgan fingerprint density at radius 1 is 1.07 bits per heavy atom. The topological polar surface area (TPSA) is 56.7 Å². The van der Waals surface area contributed by atoms with Crippen LogP contribution in [0.1, 0.15) is 24.3 Å². The number of thiazole rings is 1. The van der Waals surface area contributed by atoms with E-state index in [1.54, 1.807) is 24.5 Å². The highest BCUT2D eigenvalue weighted by molar-refractivity contribution is 7.17. The molecule has 0 amide bonds. The van der Waals surface area contributed by atoms with E-state index in [-0.39, 0.29) is 5.63 Å². The van der Waals surface area contributed by atoms with Crippen molar-refractivity contribution in [3.8, 4) is 17.0 Å². The third-order valence-electron chi connectivity index (χ3n) is 4.66. The van der Waals surface area contributed by atoms with Gasteiger partial charge in [-0.25, -0.2) is 9.78 Å². The van der Waals surface area contributed by atoms with E-state index in [4.69, 9.17) is 9.15 Å². The number of para-hydroxylation sites is 1. The van der Waals surface area contributed by atoms with Gasteiger partial charge in [0.05, 0.1) is 18.4 Å². The molecule has 5 nitrogen and oxygen atoms in total. The second kappa shape index (κ2) is 8.55. The van der Waals surface area contributed by atoms with Crippen LogP contribution in [0.4, 0.5) is 0 Å². The molecular formula is C24H22N2O3S. The van der Waals surface area contributed by atoms with E-state index in [0.29, 0.717) is 16.8 Å². The minimum absolute atomic E-state index is 0.372. The lowest BCUT2D eigenvalue weighted by molar-refractivity contribution is 0.414. The predicted octanol–water partition coefficient (Wildman–Crippen LogP) is 5.79. The highest BCUT2D eigenvalue weighted by atomic mass is 32.1. The third kappa shape index (κ3) is 3.86. The van der Waals surface area contributed by atoms with Crippen molar-refractivity contribution in [2.75, 3.05) is 7.11 Å². The number of imidazole rings is 1. The van der Waals surface area contributed by atoms with Gasteiger partial charge in [-0.2, -0.15) is 0 Å². The van der Waals surface area contributed by atoms with Crippen LogP contribution in [-0.2, 0) is 6.42 Å². The first-order valence-electron chi connectivity index (χ1n) is 9.83. The molecule has 2 aromatic carbocycles. The van der Waals surface area contributed by atoms with Gasteiger partial charge in [-0.15, -0.1) is 11.3 Å². The van der Waals surface area contributed by atoms with Gasteiger partial charge in [0, 0.05) is 29.1 Å². The lowest BCUT2D eigenvalue weighted by atomic mass is 10.1. The van der Waals surface area contributed by atoms with Gasteiger partial charge in [0.15, 0.2) is 4.96 Å². The first kappa shape index (κ1) is 19.9. The van der Waals surface area contributed by atoms with Crippen molar-refractivity contribution in [2.45, 2.75) is 20.3 Å². The van der Waals surface area contributed by atoms with Crippen molar-refractivity contribution in [3.63, 3.8) is 0 Å². The van der Waals surface area contributed by atoms with Gasteiger partial charge >= 0.3 is 5.63 Å². The summed E-state index contributed by atoms with van der Waals surface area (Å²) in [6, 6.07) is 17.4. The standard InChI is InChI=1S/C22H16N2O3S.C2H6/c1-26-16-8-6-14(7-9-16)10-17-12-24-13-19(23-22(24)28-17)18-11-15-4-2-3-5-20(15)27-21(18)25;1-2/h2-9,11-13H,10H2,1H3;1-2H3. The van der Waals surface area contributed by atoms with Crippen molar-refractivity contribution in [2.24, 2.45) is 0 Å². The molecule has 5 aromatic rings. The first-order chi connectivity index (χ1) is 14.7. The Morgan fingerprint density at radius 3 is 2.57 bits per heavy atom. The maximum absolute atomic E-state index is 12.4. The van der Waals surface area contributed by atoms with Gasteiger partial charge in [-0.05, 0) is 29.8 Å². The molecule has 0 unspecified atom stereocenters. The van der Waals surface area contributed by atoms with E-state index in [2.05, 4.69) is 23.3 Å². The van der Waals surface area contributed by atoms with Gasteiger partial charge in [-0.3, -0.25) is 4.40 Å². The highest BCUT2D eigenvalue weighted by Gasteiger charge is 2.13. The quantitative estimate of drug-likeness (QED) is 0.346. The van der Waals surface area contributed by atoms with Gasteiger partial charge in [-0.1, -0.05) is 44.2 Å². The Balaban J connectivity index is 0.00000106. The number of ether oxygens (including phenoxy) is 1. The van der Waals surface area contributed by atoms with Crippen molar-refractivity contribution < 1.29 is 9.15 Å². The van der Waals surface area contributed by atoms with Crippen molar-refractivity contribution in [1.29, 1.82) is 0 Å². The number of benzene rings is 2. The lowest BCUT2D eigenvalue weighted by Gasteiger charge is -2.01. The van der Waals surface area contributed by atoms with Gasteiger partial charge in [0.1, 0.15) is 11.3 Å². The zero-order valence-electron chi connectivity index (χ0n) is 17.1. The molecule has 0 aliphatic carbocycles. The average molecular weight is 419 g/mol. The van der Waals surface area contributed by atoms with Gasteiger partial charge in [0.25, 0.3) is 0 Å². The van der Waals surface area contributed by atoms with Gasteiger partial charge in [0.2, 0.25) is 0 Å². The predicted molar refractivity (Wildman–Crippen MR) is 122 cm³/mol. The van der Waals surface area contributed by atoms with Crippen molar-refractivity contribution in [1.82, 2.24) is 9.38 Å². The van der Waals surface area contributed by atoms with Crippen LogP contribution in [0.5, 0.6) is 5.75 Å². The Kier molecular flexibility index (Phi) is 5.68.